The molecular weight excluding hydrogens is 578 g/mol. The maximum Gasteiger partial charge on any atom is 0.416 e. The Kier molecular flexibility index (Phi) is 6.84. The number of amides is 2. The van der Waals surface area contributed by atoms with Crippen LogP contribution in [0, 0.1) is 15.9 Å². The normalized spacial score (nSPS) is 21.0. The number of rotatable bonds is 5. The number of halogens is 4. The van der Waals surface area contributed by atoms with Gasteiger partial charge in [-0.1, -0.05) is 18.2 Å². The smallest absolute Gasteiger partial charge is 0.363 e. The molecule has 2 amide bonds. The van der Waals surface area contributed by atoms with E-state index >= 15 is 0 Å². The molecule has 0 aromatic heterocycles. The second-order valence-electron chi connectivity index (χ2n) is 10.1. The van der Waals surface area contributed by atoms with Crippen LogP contribution in [-0.2, 0) is 20.6 Å². The van der Waals surface area contributed by atoms with Crippen LogP contribution in [0.3, 0.4) is 0 Å². The van der Waals surface area contributed by atoms with E-state index in [0.29, 0.717) is 36.1 Å². The van der Waals surface area contributed by atoms with Gasteiger partial charge < -0.3 is 4.90 Å². The number of hydrogen-bond acceptors (Lipinski definition) is 7. The number of para-hydroxylation sites is 1. The monoisotopic (exact) mass is 601 g/mol. The zero-order valence-electron chi connectivity index (χ0n) is 21.9. The van der Waals surface area contributed by atoms with Crippen LogP contribution in [0.4, 0.5) is 40.3 Å². The number of nitro benzene ring substituents is 1. The van der Waals surface area contributed by atoms with Gasteiger partial charge in [0.05, 0.1) is 28.6 Å². The lowest BCUT2D eigenvalue weighted by Crippen LogP contribution is -2.54. The molecule has 6 rings (SSSR count). The highest BCUT2D eigenvalue weighted by molar-refractivity contribution is 8.02. The van der Waals surface area contributed by atoms with E-state index in [4.69, 9.17) is 0 Å². The fraction of sp³-hybridized carbons (Fsp3) is 0.286. The Balaban J connectivity index is 1.23. The molecule has 9 nitrogen and oxygen atoms in total. The second-order valence-corrected chi connectivity index (χ2v) is 11.3. The van der Waals surface area contributed by atoms with Gasteiger partial charge in [-0.25, -0.2) is 4.39 Å². The minimum absolute atomic E-state index is 0.0654. The molecule has 3 aliphatic rings. The molecule has 2 fully saturated rings. The molecule has 0 saturated carbocycles. The van der Waals surface area contributed by atoms with Crippen LogP contribution in [0.1, 0.15) is 11.1 Å². The number of fused-ring (bicyclic) bond motifs is 2. The van der Waals surface area contributed by atoms with Crippen LogP contribution in [0.2, 0.25) is 0 Å². The fourth-order valence-corrected chi connectivity index (χ4v) is 7.09. The number of carbonyl (C=O) groups is 2. The van der Waals surface area contributed by atoms with E-state index in [1.54, 1.807) is 34.1 Å². The first-order chi connectivity index (χ1) is 20.0. The Morgan fingerprint density at radius 3 is 2.29 bits per heavy atom. The number of hydrogen-bond donors (Lipinski definition) is 0. The van der Waals surface area contributed by atoms with Crippen molar-refractivity contribution in [1.82, 2.24) is 4.90 Å². The third kappa shape index (κ3) is 4.54. The number of carbonyl (C=O) groups excluding carboxylic acids is 2. The summed E-state index contributed by atoms with van der Waals surface area (Å²) in [5.74, 6) is -0.990. The summed E-state index contributed by atoms with van der Waals surface area (Å²) in [4.78, 5) is 43.4. The summed E-state index contributed by atoms with van der Waals surface area (Å²) in [6, 6.07) is 15.1. The first-order valence-corrected chi connectivity index (χ1v) is 14.0. The number of thioether (sulfide) groups is 1. The van der Waals surface area contributed by atoms with Gasteiger partial charge in [0.2, 0.25) is 10.8 Å². The Labute approximate surface area is 241 Å². The molecule has 3 aromatic rings. The molecule has 3 heterocycles. The molecule has 2 saturated heterocycles. The summed E-state index contributed by atoms with van der Waals surface area (Å²) in [6.45, 7) is 1.51. The summed E-state index contributed by atoms with van der Waals surface area (Å²) in [7, 11) is 0. The lowest BCUT2D eigenvalue weighted by atomic mass is 10.0. The van der Waals surface area contributed by atoms with Gasteiger partial charge in [-0.2, -0.15) is 13.2 Å². The van der Waals surface area contributed by atoms with E-state index in [0.717, 1.165) is 12.1 Å². The number of anilines is 3. The first kappa shape index (κ1) is 28.0. The van der Waals surface area contributed by atoms with Crippen LogP contribution < -0.4 is 14.7 Å². The van der Waals surface area contributed by atoms with E-state index in [-0.39, 0.29) is 43.0 Å². The van der Waals surface area contributed by atoms with E-state index in [2.05, 4.69) is 0 Å². The minimum atomic E-state index is -4.70. The Morgan fingerprint density at radius 1 is 0.929 bits per heavy atom. The molecule has 0 bridgehead atoms. The zero-order valence-corrected chi connectivity index (χ0v) is 22.7. The average molecular weight is 602 g/mol. The molecule has 218 valence electrons. The Morgan fingerprint density at radius 2 is 1.62 bits per heavy atom. The predicted octanol–water partition coefficient (Wildman–Crippen LogP) is 4.81. The van der Waals surface area contributed by atoms with E-state index in [1.807, 2.05) is 4.90 Å². The van der Waals surface area contributed by atoms with Gasteiger partial charge in [-0.3, -0.25) is 34.4 Å². The number of piperazine rings is 1. The molecule has 0 aliphatic carbocycles. The van der Waals surface area contributed by atoms with Crippen molar-refractivity contribution in [2.24, 2.45) is 0 Å². The molecule has 3 aromatic carbocycles. The summed E-state index contributed by atoms with van der Waals surface area (Å²) in [6.07, 6.45) is -4.70. The van der Waals surface area contributed by atoms with Crippen molar-refractivity contribution in [1.29, 1.82) is 0 Å². The molecule has 42 heavy (non-hydrogen) atoms. The van der Waals surface area contributed by atoms with Crippen LogP contribution in [0.15, 0.2) is 66.7 Å². The van der Waals surface area contributed by atoms with Crippen molar-refractivity contribution >= 4 is 46.3 Å². The third-order valence-electron chi connectivity index (χ3n) is 7.70. The topological polar surface area (TPSA) is 90.2 Å². The highest BCUT2D eigenvalue weighted by Crippen LogP contribution is 2.55. The van der Waals surface area contributed by atoms with Gasteiger partial charge in [-0.15, -0.1) is 11.8 Å². The first-order valence-electron chi connectivity index (χ1n) is 13.0. The lowest BCUT2D eigenvalue weighted by Gasteiger charge is -2.38. The average Bonchev–Trinajstić information content (AvgIpc) is 3.43. The van der Waals surface area contributed by atoms with Crippen molar-refractivity contribution in [3.8, 4) is 0 Å². The summed E-state index contributed by atoms with van der Waals surface area (Å²) < 4.78 is 53.1. The maximum absolute atomic E-state index is 14.2. The highest BCUT2D eigenvalue weighted by Gasteiger charge is 2.61. The minimum Gasteiger partial charge on any atom is -0.363 e. The number of nitro groups is 1. The lowest BCUT2D eigenvalue weighted by molar-refractivity contribution is -0.384. The molecule has 0 unspecified atom stereocenters. The molecule has 0 radical (unpaired) electrons. The Hall–Kier alpha value is -4.17. The van der Waals surface area contributed by atoms with Crippen molar-refractivity contribution in [3.63, 3.8) is 0 Å². The molecule has 14 heteroatoms. The molecular formula is C28H23F4N5O4S. The van der Waals surface area contributed by atoms with Crippen LogP contribution in [-0.4, -0.2) is 60.2 Å². The standard InChI is InChI=1S/C28H23F4N5O4S/c29-19-6-8-20(9-7-19)36-25(38)16-42-27(36)21-3-1-2-4-22(21)35(26(27)39)17-33-11-13-34(14-12-33)23-10-5-18(28(30,31)32)15-24(23)37(40)41/h1-10,15H,11-14,16-17H2/t27-/m1/s1. The summed E-state index contributed by atoms with van der Waals surface area (Å²) in [5, 5.41) is 11.6. The molecule has 1 atom stereocenters. The van der Waals surface area contributed by atoms with Crippen LogP contribution in [0.25, 0.3) is 0 Å². The van der Waals surface area contributed by atoms with Gasteiger partial charge in [-0.05, 0) is 42.5 Å². The predicted molar refractivity (Wildman–Crippen MR) is 149 cm³/mol. The Bertz CT molecular complexity index is 1580. The number of benzene rings is 3. The van der Waals surface area contributed by atoms with Gasteiger partial charge in [0, 0.05) is 43.5 Å². The number of nitrogens with zero attached hydrogens (tertiary/aromatic N) is 5. The van der Waals surface area contributed by atoms with Crippen molar-refractivity contribution in [3.05, 3.63) is 93.8 Å². The second kappa shape index (κ2) is 10.3. The van der Waals surface area contributed by atoms with Crippen molar-refractivity contribution in [2.45, 2.75) is 11.0 Å². The highest BCUT2D eigenvalue weighted by atomic mass is 32.2. The van der Waals surface area contributed by atoms with E-state index < -0.39 is 33.0 Å². The summed E-state index contributed by atoms with van der Waals surface area (Å²) in [5.41, 5.74) is 0.0855. The fourth-order valence-electron chi connectivity index (χ4n) is 5.73. The van der Waals surface area contributed by atoms with Crippen molar-refractivity contribution < 1.29 is 32.1 Å². The van der Waals surface area contributed by atoms with Crippen LogP contribution in [0.5, 0.6) is 0 Å². The summed E-state index contributed by atoms with van der Waals surface area (Å²) >= 11 is 1.21. The van der Waals surface area contributed by atoms with Crippen LogP contribution >= 0.6 is 11.8 Å². The van der Waals surface area contributed by atoms with E-state index in [1.165, 1.54) is 40.9 Å². The molecule has 1 spiro atoms. The quantitative estimate of drug-likeness (QED) is 0.236. The number of alkyl halides is 3. The van der Waals surface area contributed by atoms with Gasteiger partial charge in [0.25, 0.3) is 11.6 Å². The van der Waals surface area contributed by atoms with E-state index in [9.17, 15) is 37.3 Å². The van der Waals surface area contributed by atoms with Gasteiger partial charge >= 0.3 is 6.18 Å². The van der Waals surface area contributed by atoms with Gasteiger partial charge in [0.15, 0.2) is 0 Å². The third-order valence-corrected chi connectivity index (χ3v) is 9.09. The van der Waals surface area contributed by atoms with Crippen molar-refractivity contribution in [2.75, 3.05) is 53.3 Å². The molecule has 3 aliphatic heterocycles. The van der Waals surface area contributed by atoms with Gasteiger partial charge in [0.1, 0.15) is 11.5 Å². The molecule has 0 N–H and O–H groups in total. The largest absolute Gasteiger partial charge is 0.416 e. The SMILES string of the molecule is O=C1CS[C@]2(C(=O)N(CN3CCN(c4ccc(C(F)(F)F)cc4[N+](=O)[O-])CC3)c3ccccc32)N1c1ccc(F)cc1. The maximum atomic E-state index is 14.2. The zero-order chi connectivity index (χ0) is 29.8.